The second-order valence-corrected chi connectivity index (χ2v) is 5.49. The summed E-state index contributed by atoms with van der Waals surface area (Å²) in [5, 5.41) is 0. The number of nitrogens with two attached hydrogens (primary N) is 1. The van der Waals surface area contributed by atoms with E-state index in [4.69, 9.17) is 5.73 Å². The third-order valence-electron chi connectivity index (χ3n) is 4.03. The molecule has 0 spiro atoms. The van der Waals surface area contributed by atoms with Gasteiger partial charge in [0, 0.05) is 19.0 Å². The van der Waals surface area contributed by atoms with Crippen LogP contribution in [0.2, 0.25) is 0 Å². The molecule has 0 amide bonds. The summed E-state index contributed by atoms with van der Waals surface area (Å²) in [5.74, 6) is 0.710. The van der Waals surface area contributed by atoms with Crippen LogP contribution >= 0.6 is 0 Å². The van der Waals surface area contributed by atoms with Gasteiger partial charge in [-0.05, 0) is 36.2 Å². The summed E-state index contributed by atoms with van der Waals surface area (Å²) in [6, 6.07) is 9.14. The Hall–Kier alpha value is -2.24. The highest BCUT2D eigenvalue weighted by Crippen LogP contribution is 2.33. The van der Waals surface area contributed by atoms with E-state index in [1.165, 1.54) is 0 Å². The molecule has 0 radical (unpaired) electrons. The van der Waals surface area contributed by atoms with Crippen LogP contribution in [0.15, 0.2) is 42.6 Å². The third-order valence-corrected chi connectivity index (χ3v) is 4.03. The monoisotopic (exact) mass is 307 g/mol. The van der Waals surface area contributed by atoms with Gasteiger partial charge in [0.2, 0.25) is 0 Å². The van der Waals surface area contributed by atoms with Crippen LogP contribution in [0.25, 0.3) is 0 Å². The molecule has 1 aromatic carbocycles. The van der Waals surface area contributed by atoms with E-state index in [-0.39, 0.29) is 5.92 Å². The molecular formula is C16H16F3N3. The minimum absolute atomic E-state index is 0.236. The van der Waals surface area contributed by atoms with Crippen LogP contribution < -0.4 is 10.6 Å². The molecule has 6 heteroatoms. The minimum atomic E-state index is -4.28. The fourth-order valence-corrected chi connectivity index (χ4v) is 2.80. The molecule has 1 saturated heterocycles. The highest BCUT2D eigenvalue weighted by Gasteiger charge is 2.31. The Morgan fingerprint density at radius 2 is 1.82 bits per heavy atom. The van der Waals surface area contributed by atoms with Gasteiger partial charge in [-0.25, -0.2) is 4.98 Å². The van der Waals surface area contributed by atoms with Gasteiger partial charge in [0.25, 0.3) is 0 Å². The van der Waals surface area contributed by atoms with Crippen molar-refractivity contribution < 1.29 is 13.2 Å². The summed E-state index contributed by atoms with van der Waals surface area (Å²) in [5.41, 5.74) is 6.90. The molecule has 0 aliphatic carbocycles. The maximum atomic E-state index is 12.6. The summed E-state index contributed by atoms with van der Waals surface area (Å²) < 4.78 is 37.8. The van der Waals surface area contributed by atoms with E-state index in [0.29, 0.717) is 5.82 Å². The van der Waals surface area contributed by atoms with Gasteiger partial charge in [-0.3, -0.25) is 0 Å². The molecule has 22 heavy (non-hydrogen) atoms. The predicted molar refractivity (Wildman–Crippen MR) is 79.7 cm³/mol. The number of nitrogen functional groups attached to an aromatic ring is 1. The van der Waals surface area contributed by atoms with Crippen molar-refractivity contribution in [3.05, 3.63) is 53.7 Å². The Labute approximate surface area is 126 Å². The number of nitrogens with zero attached hydrogens (tertiary/aromatic N) is 2. The van der Waals surface area contributed by atoms with Crippen LogP contribution in [0.5, 0.6) is 0 Å². The molecule has 1 fully saturated rings. The lowest BCUT2D eigenvalue weighted by Gasteiger charge is -2.18. The van der Waals surface area contributed by atoms with Crippen molar-refractivity contribution in [3.63, 3.8) is 0 Å². The largest absolute Gasteiger partial charge is 0.416 e. The lowest BCUT2D eigenvalue weighted by atomic mass is 9.97. The second-order valence-electron chi connectivity index (χ2n) is 5.49. The normalized spacial score (nSPS) is 18.7. The average Bonchev–Trinajstić information content (AvgIpc) is 2.97. The van der Waals surface area contributed by atoms with Crippen molar-refractivity contribution in [2.24, 2.45) is 0 Å². The molecule has 1 unspecified atom stereocenters. The van der Waals surface area contributed by atoms with Crippen LogP contribution in [-0.4, -0.2) is 18.1 Å². The number of alkyl halides is 3. The van der Waals surface area contributed by atoms with Crippen molar-refractivity contribution in [3.8, 4) is 0 Å². The molecule has 116 valence electrons. The van der Waals surface area contributed by atoms with Crippen molar-refractivity contribution >= 4 is 11.5 Å². The number of hydrogen-bond donors (Lipinski definition) is 1. The highest BCUT2D eigenvalue weighted by atomic mass is 19.4. The van der Waals surface area contributed by atoms with E-state index in [9.17, 15) is 13.2 Å². The summed E-state index contributed by atoms with van der Waals surface area (Å²) in [6.07, 6.45) is -1.64. The third kappa shape index (κ3) is 3.00. The SMILES string of the molecule is Nc1ccc(N2CCC(c3ccc(C(F)(F)F)cc3)C2)cn1. The van der Waals surface area contributed by atoms with E-state index in [1.807, 2.05) is 6.07 Å². The molecule has 0 saturated carbocycles. The van der Waals surface area contributed by atoms with Crippen LogP contribution in [-0.2, 0) is 6.18 Å². The molecule has 0 bridgehead atoms. The summed E-state index contributed by atoms with van der Waals surface area (Å²) in [6.45, 7) is 1.63. The van der Waals surface area contributed by atoms with Crippen LogP contribution in [0.4, 0.5) is 24.7 Å². The Balaban J connectivity index is 1.71. The zero-order valence-corrected chi connectivity index (χ0v) is 11.8. The Kier molecular flexibility index (Phi) is 3.68. The van der Waals surface area contributed by atoms with Gasteiger partial charge in [0.1, 0.15) is 5.82 Å². The van der Waals surface area contributed by atoms with Gasteiger partial charge in [0.15, 0.2) is 0 Å². The molecule has 1 aliphatic heterocycles. The Bertz CT molecular complexity index is 635. The maximum Gasteiger partial charge on any atom is 0.416 e. The first-order chi connectivity index (χ1) is 10.4. The minimum Gasteiger partial charge on any atom is -0.384 e. The van der Waals surface area contributed by atoms with Crippen LogP contribution in [0.1, 0.15) is 23.5 Å². The number of aromatic nitrogens is 1. The first-order valence-electron chi connectivity index (χ1n) is 7.07. The van der Waals surface area contributed by atoms with Crippen molar-refractivity contribution in [1.82, 2.24) is 4.98 Å². The van der Waals surface area contributed by atoms with E-state index < -0.39 is 11.7 Å². The lowest BCUT2D eigenvalue weighted by Crippen LogP contribution is -2.19. The Morgan fingerprint density at radius 1 is 1.09 bits per heavy atom. The quantitative estimate of drug-likeness (QED) is 0.920. The molecule has 3 rings (SSSR count). The first kappa shape index (κ1) is 14.7. The van der Waals surface area contributed by atoms with Crippen molar-refractivity contribution in [2.45, 2.75) is 18.5 Å². The first-order valence-corrected chi connectivity index (χ1v) is 7.07. The van der Waals surface area contributed by atoms with Gasteiger partial charge in [0.05, 0.1) is 17.4 Å². The van der Waals surface area contributed by atoms with E-state index in [2.05, 4.69) is 9.88 Å². The molecule has 2 N–H and O–H groups in total. The van der Waals surface area contributed by atoms with Gasteiger partial charge in [-0.15, -0.1) is 0 Å². The predicted octanol–water partition coefficient (Wildman–Crippen LogP) is 3.68. The average molecular weight is 307 g/mol. The number of pyridine rings is 1. The molecule has 3 nitrogen and oxygen atoms in total. The summed E-state index contributed by atoms with van der Waals surface area (Å²) in [4.78, 5) is 6.25. The van der Waals surface area contributed by atoms with E-state index >= 15 is 0 Å². The topological polar surface area (TPSA) is 42.1 Å². The fraction of sp³-hybridized carbons (Fsp3) is 0.312. The van der Waals surface area contributed by atoms with Gasteiger partial charge in [-0.1, -0.05) is 12.1 Å². The molecule has 2 heterocycles. The van der Waals surface area contributed by atoms with Crippen LogP contribution in [0.3, 0.4) is 0 Å². The number of halogens is 3. The highest BCUT2D eigenvalue weighted by molar-refractivity contribution is 5.49. The number of benzene rings is 1. The second kappa shape index (κ2) is 5.51. The summed E-state index contributed by atoms with van der Waals surface area (Å²) >= 11 is 0. The maximum absolute atomic E-state index is 12.6. The fourth-order valence-electron chi connectivity index (χ4n) is 2.80. The lowest BCUT2D eigenvalue weighted by molar-refractivity contribution is -0.137. The van der Waals surface area contributed by atoms with Gasteiger partial charge >= 0.3 is 6.18 Å². The van der Waals surface area contributed by atoms with E-state index in [0.717, 1.165) is 42.9 Å². The van der Waals surface area contributed by atoms with Gasteiger partial charge in [-0.2, -0.15) is 13.2 Å². The van der Waals surface area contributed by atoms with Crippen LogP contribution in [0, 0.1) is 0 Å². The van der Waals surface area contributed by atoms with Crippen molar-refractivity contribution in [2.75, 3.05) is 23.7 Å². The molecule has 1 atom stereocenters. The van der Waals surface area contributed by atoms with Gasteiger partial charge < -0.3 is 10.6 Å². The number of rotatable bonds is 2. The van der Waals surface area contributed by atoms with Crippen molar-refractivity contribution in [1.29, 1.82) is 0 Å². The zero-order valence-electron chi connectivity index (χ0n) is 11.8. The molecule has 2 aromatic rings. The number of anilines is 2. The van der Waals surface area contributed by atoms with E-state index in [1.54, 1.807) is 24.4 Å². The summed E-state index contributed by atoms with van der Waals surface area (Å²) in [7, 11) is 0. The zero-order chi connectivity index (χ0) is 15.7. The smallest absolute Gasteiger partial charge is 0.384 e. The standard InChI is InChI=1S/C16H16F3N3/c17-16(18,19)13-3-1-11(2-4-13)12-7-8-22(10-12)14-5-6-15(20)21-9-14/h1-6,9,12H,7-8,10H2,(H2,20,21). The molecule has 1 aliphatic rings. The Morgan fingerprint density at radius 3 is 2.41 bits per heavy atom. The molecular weight excluding hydrogens is 291 g/mol. The number of hydrogen-bond acceptors (Lipinski definition) is 3. The molecule has 1 aromatic heterocycles.